The van der Waals surface area contributed by atoms with Crippen LogP contribution in [0.25, 0.3) is 22.6 Å². The van der Waals surface area contributed by atoms with E-state index in [9.17, 15) is 14.0 Å². The number of halogens is 2. The van der Waals surface area contributed by atoms with Crippen molar-refractivity contribution in [2.45, 2.75) is 64.0 Å². The molecule has 5 rings (SSSR count). The zero-order chi connectivity index (χ0) is 27.8. The highest BCUT2D eigenvalue weighted by Gasteiger charge is 2.33. The molecule has 0 unspecified atom stereocenters. The maximum atomic E-state index is 14.9. The molecule has 6 nitrogen and oxygen atoms in total. The molecule has 9 heteroatoms. The second kappa shape index (κ2) is 10.4. The monoisotopic (exact) mass is 542 g/mol. The van der Waals surface area contributed by atoms with Crippen LogP contribution in [0.5, 0.6) is 0 Å². The third-order valence-electron chi connectivity index (χ3n) is 8.04. The maximum Gasteiger partial charge on any atom is 0.160 e. The molecule has 3 aromatic heterocycles. The lowest BCUT2D eigenvalue weighted by Crippen LogP contribution is -2.55. The average molecular weight is 543 g/mol. The number of benzene rings is 1. The lowest BCUT2D eigenvalue weighted by Gasteiger charge is -2.26. The van der Waals surface area contributed by atoms with Gasteiger partial charge in [0, 0.05) is 47.3 Å². The Morgan fingerprint density at radius 3 is 2.31 bits per heavy atom. The van der Waals surface area contributed by atoms with Crippen LogP contribution in [-0.4, -0.2) is 32.6 Å². The molecule has 0 spiro atoms. The van der Waals surface area contributed by atoms with E-state index in [4.69, 9.17) is 19.9 Å². The van der Waals surface area contributed by atoms with Gasteiger partial charge < -0.3 is 4.57 Å². The third kappa shape index (κ3) is 5.01. The van der Waals surface area contributed by atoms with Crippen molar-refractivity contribution in [2.75, 3.05) is 0 Å². The summed E-state index contributed by atoms with van der Waals surface area (Å²) in [6.07, 6.45) is 12.8. The Morgan fingerprint density at radius 2 is 1.64 bits per heavy atom. The number of hydrogen-bond acceptors (Lipinski definition) is 5. The van der Waals surface area contributed by atoms with Gasteiger partial charge in [-0.2, -0.15) is 5.26 Å². The summed E-state index contributed by atoms with van der Waals surface area (Å²) in [6, 6.07) is 9.97. The van der Waals surface area contributed by atoms with Crippen LogP contribution in [0.3, 0.4) is 0 Å². The molecule has 1 fully saturated rings. The molecule has 4 aromatic rings. The van der Waals surface area contributed by atoms with Crippen molar-refractivity contribution in [3.05, 3.63) is 71.9 Å². The van der Waals surface area contributed by atoms with Crippen LogP contribution in [0, 0.1) is 23.0 Å². The van der Waals surface area contributed by atoms with E-state index < -0.39 is 25.3 Å². The SMILES string of the molecule is Cn1cc([Si](C)(C)c2cccc(-c3cnc(C4(C)CCCCCC4)nc3)n2)nc1-c1ccc(F)c(C#N)c1F. The summed E-state index contributed by atoms with van der Waals surface area (Å²) in [5.74, 6) is -0.540. The summed E-state index contributed by atoms with van der Waals surface area (Å²) in [7, 11) is -0.648. The molecule has 1 aliphatic rings. The Hall–Kier alpha value is -3.77. The predicted octanol–water partition coefficient (Wildman–Crippen LogP) is 5.52. The van der Waals surface area contributed by atoms with Gasteiger partial charge in [0.1, 0.15) is 29.1 Å². The lowest BCUT2D eigenvalue weighted by atomic mass is 9.81. The molecular formula is C30H32F2N6Si. The maximum absolute atomic E-state index is 14.9. The molecule has 0 bridgehead atoms. The van der Waals surface area contributed by atoms with Gasteiger partial charge in [-0.05, 0) is 37.1 Å². The molecule has 0 N–H and O–H groups in total. The van der Waals surface area contributed by atoms with E-state index in [1.54, 1.807) is 17.7 Å². The van der Waals surface area contributed by atoms with E-state index in [-0.39, 0.29) is 11.0 Å². The number of hydrogen-bond donors (Lipinski definition) is 0. The molecule has 0 radical (unpaired) electrons. The van der Waals surface area contributed by atoms with Gasteiger partial charge in [-0.25, -0.2) is 23.7 Å². The van der Waals surface area contributed by atoms with Crippen molar-refractivity contribution < 1.29 is 8.78 Å². The molecule has 0 saturated heterocycles. The van der Waals surface area contributed by atoms with Gasteiger partial charge in [0.25, 0.3) is 0 Å². The van der Waals surface area contributed by atoms with Gasteiger partial charge in [-0.15, -0.1) is 0 Å². The second-order valence-electron chi connectivity index (χ2n) is 11.3. The zero-order valence-electron chi connectivity index (χ0n) is 22.8. The van der Waals surface area contributed by atoms with E-state index in [1.807, 2.05) is 36.8 Å². The van der Waals surface area contributed by atoms with Crippen molar-refractivity contribution in [1.82, 2.24) is 24.5 Å². The normalized spacial score (nSPS) is 15.5. The minimum atomic E-state index is -2.41. The molecular weight excluding hydrogens is 510 g/mol. The molecule has 0 atom stereocenters. The molecule has 1 saturated carbocycles. The Morgan fingerprint density at radius 1 is 0.949 bits per heavy atom. The minimum absolute atomic E-state index is 0.0217. The highest BCUT2D eigenvalue weighted by molar-refractivity contribution is 6.99. The fourth-order valence-corrected chi connectivity index (χ4v) is 7.50. The van der Waals surface area contributed by atoms with Gasteiger partial charge in [0.2, 0.25) is 0 Å². The number of pyridine rings is 1. The van der Waals surface area contributed by atoms with Gasteiger partial charge in [-0.3, -0.25) is 4.98 Å². The molecule has 1 aromatic carbocycles. The topological polar surface area (TPSA) is 80.3 Å². The third-order valence-corrected chi connectivity index (χ3v) is 11.1. The lowest BCUT2D eigenvalue weighted by molar-refractivity contribution is 0.385. The quantitative estimate of drug-likeness (QED) is 0.245. The van der Waals surface area contributed by atoms with Crippen LogP contribution in [0.15, 0.2) is 48.9 Å². The number of aryl methyl sites for hydroxylation is 1. The molecule has 1 aliphatic carbocycles. The van der Waals surface area contributed by atoms with Crippen molar-refractivity contribution in [2.24, 2.45) is 7.05 Å². The number of nitriles is 1. The standard InChI is InChI=1S/C30H32F2N6Si/c1-30(14-7-5-6-8-15-30)29-34-17-20(18-35-29)24-10-9-11-25(36-24)39(3,4)26-19-38(2)28(37-26)21-12-13-23(31)22(16-33)27(21)32/h9-13,17-19H,5-8,14-15H2,1-4H3. The summed E-state index contributed by atoms with van der Waals surface area (Å²) < 4.78 is 30.5. The van der Waals surface area contributed by atoms with Crippen LogP contribution in [0.4, 0.5) is 8.78 Å². The summed E-state index contributed by atoms with van der Waals surface area (Å²) >= 11 is 0. The van der Waals surface area contributed by atoms with Crippen LogP contribution in [-0.2, 0) is 12.5 Å². The first-order valence-electron chi connectivity index (χ1n) is 13.4. The second-order valence-corrected chi connectivity index (χ2v) is 15.5. The highest BCUT2D eigenvalue weighted by Crippen LogP contribution is 2.36. The first-order valence-corrected chi connectivity index (χ1v) is 16.4. The van der Waals surface area contributed by atoms with Gasteiger partial charge in [-0.1, -0.05) is 51.8 Å². The smallest absolute Gasteiger partial charge is 0.160 e. The summed E-state index contributed by atoms with van der Waals surface area (Å²) in [6.45, 7) is 6.55. The number of imidazole rings is 1. The summed E-state index contributed by atoms with van der Waals surface area (Å²) in [5.41, 5.74) is 1.16. The zero-order valence-corrected chi connectivity index (χ0v) is 23.8. The Labute approximate surface area is 228 Å². The predicted molar refractivity (Wildman–Crippen MR) is 150 cm³/mol. The molecule has 0 aliphatic heterocycles. The van der Waals surface area contributed by atoms with Crippen LogP contribution < -0.4 is 10.6 Å². The van der Waals surface area contributed by atoms with Crippen molar-refractivity contribution in [3.8, 4) is 28.7 Å². The van der Waals surface area contributed by atoms with Gasteiger partial charge in [0.15, 0.2) is 13.9 Å². The van der Waals surface area contributed by atoms with Gasteiger partial charge >= 0.3 is 0 Å². The Balaban J connectivity index is 1.45. The number of nitrogens with zero attached hydrogens (tertiary/aromatic N) is 6. The van der Waals surface area contributed by atoms with E-state index in [0.717, 1.165) is 46.6 Å². The van der Waals surface area contributed by atoms with Crippen molar-refractivity contribution in [1.29, 1.82) is 5.26 Å². The van der Waals surface area contributed by atoms with Crippen LogP contribution in [0.2, 0.25) is 13.1 Å². The van der Waals surface area contributed by atoms with E-state index in [0.29, 0.717) is 5.82 Å². The van der Waals surface area contributed by atoms with Crippen molar-refractivity contribution in [3.63, 3.8) is 0 Å². The van der Waals surface area contributed by atoms with E-state index >= 15 is 0 Å². The molecule has 39 heavy (non-hydrogen) atoms. The van der Waals surface area contributed by atoms with E-state index in [2.05, 4.69) is 20.0 Å². The summed E-state index contributed by atoms with van der Waals surface area (Å²) in [5, 5.41) is 10.9. The van der Waals surface area contributed by atoms with Gasteiger partial charge in [0.05, 0.1) is 11.3 Å². The molecule has 200 valence electrons. The van der Waals surface area contributed by atoms with Crippen LogP contribution in [0.1, 0.15) is 56.8 Å². The largest absolute Gasteiger partial charge is 0.334 e. The Kier molecular flexibility index (Phi) is 7.16. The first kappa shape index (κ1) is 26.8. The minimum Gasteiger partial charge on any atom is -0.334 e. The first-order chi connectivity index (χ1) is 18.6. The average Bonchev–Trinajstić information content (AvgIpc) is 3.18. The number of aromatic nitrogens is 5. The fourth-order valence-electron chi connectivity index (χ4n) is 5.42. The summed E-state index contributed by atoms with van der Waals surface area (Å²) in [4.78, 5) is 19.3. The van der Waals surface area contributed by atoms with Crippen molar-refractivity contribution >= 4 is 18.7 Å². The fraction of sp³-hybridized carbons (Fsp3) is 0.367. The highest BCUT2D eigenvalue weighted by atomic mass is 28.3. The number of rotatable bonds is 5. The molecule has 3 heterocycles. The van der Waals surface area contributed by atoms with E-state index in [1.165, 1.54) is 31.7 Å². The Bertz CT molecular complexity index is 1550. The molecule has 0 amide bonds. The van der Waals surface area contributed by atoms with Crippen LogP contribution >= 0.6 is 0 Å².